The van der Waals surface area contributed by atoms with Gasteiger partial charge in [-0.05, 0) is 37.3 Å². The normalized spacial score (nSPS) is 26.3. The predicted octanol–water partition coefficient (Wildman–Crippen LogP) is 1.36. The molecule has 1 fully saturated rings. The second kappa shape index (κ2) is 7.96. The molecule has 1 amide bonds. The summed E-state index contributed by atoms with van der Waals surface area (Å²) < 4.78 is 45.8. The number of hydrogen-bond donors (Lipinski definition) is 2. The van der Waals surface area contributed by atoms with Crippen molar-refractivity contribution in [2.24, 2.45) is 16.6 Å². The number of halogens is 1. The van der Waals surface area contributed by atoms with Crippen LogP contribution in [0.4, 0.5) is 10.1 Å². The molecule has 2 aliphatic heterocycles. The van der Waals surface area contributed by atoms with E-state index in [2.05, 4.69) is 15.3 Å². The molecule has 3 heterocycles. The fourth-order valence-electron chi connectivity index (χ4n) is 4.18. The minimum Gasteiger partial charge on any atom is -0.387 e. The van der Waals surface area contributed by atoms with Crippen LogP contribution in [0.25, 0.3) is 0 Å². The number of hydrogen-bond acceptors (Lipinski definition) is 8. The molecule has 2 aliphatic rings. The number of carbonyl (C=O) groups is 1. The molecule has 1 saturated heterocycles. The van der Waals surface area contributed by atoms with Gasteiger partial charge in [0.25, 0.3) is 5.91 Å². The van der Waals surface area contributed by atoms with E-state index in [1.807, 2.05) is 6.07 Å². The highest BCUT2D eigenvalue weighted by atomic mass is 32.2. The molecule has 11 heteroatoms. The van der Waals surface area contributed by atoms with E-state index in [0.717, 1.165) is 0 Å². The first-order valence-electron chi connectivity index (χ1n) is 9.75. The third-order valence-corrected chi connectivity index (χ3v) is 7.92. The lowest BCUT2D eigenvalue weighted by atomic mass is 9.78. The molecular weight excluding hydrogens is 437 g/mol. The topological polar surface area (TPSA) is 148 Å². The van der Waals surface area contributed by atoms with Crippen LogP contribution in [0.5, 0.6) is 0 Å². The Morgan fingerprint density at radius 2 is 2.12 bits per heavy atom. The maximum Gasteiger partial charge on any atom is 0.274 e. The minimum absolute atomic E-state index is 0.00615. The first-order valence-corrected chi connectivity index (χ1v) is 11.5. The maximum atomic E-state index is 15.0. The van der Waals surface area contributed by atoms with Gasteiger partial charge in [-0.1, -0.05) is 0 Å². The van der Waals surface area contributed by atoms with Crippen LogP contribution in [-0.4, -0.2) is 49.4 Å². The van der Waals surface area contributed by atoms with Crippen LogP contribution in [0.2, 0.25) is 0 Å². The molecule has 0 radical (unpaired) electrons. The van der Waals surface area contributed by atoms with Gasteiger partial charge in [0, 0.05) is 23.4 Å². The molecule has 1 aromatic heterocycles. The van der Waals surface area contributed by atoms with E-state index in [1.165, 1.54) is 36.5 Å². The van der Waals surface area contributed by atoms with Crippen molar-refractivity contribution in [2.75, 3.05) is 24.3 Å². The van der Waals surface area contributed by atoms with E-state index in [9.17, 15) is 17.6 Å². The highest BCUT2D eigenvalue weighted by Crippen LogP contribution is 2.44. The minimum atomic E-state index is -3.61. The Bertz CT molecular complexity index is 1260. The number of fused-ring (bicyclic) bond motifs is 1. The van der Waals surface area contributed by atoms with Crippen LogP contribution in [0.15, 0.2) is 41.5 Å². The summed E-state index contributed by atoms with van der Waals surface area (Å²) in [6.07, 6.45) is 1.27. The van der Waals surface area contributed by atoms with Crippen molar-refractivity contribution >= 4 is 27.3 Å². The summed E-state index contributed by atoms with van der Waals surface area (Å²) in [4.78, 5) is 20.9. The van der Waals surface area contributed by atoms with Gasteiger partial charge >= 0.3 is 0 Å². The zero-order valence-electron chi connectivity index (χ0n) is 17.1. The van der Waals surface area contributed by atoms with Crippen LogP contribution in [0, 0.1) is 23.1 Å². The van der Waals surface area contributed by atoms with Gasteiger partial charge in [-0.15, -0.1) is 0 Å². The third kappa shape index (κ3) is 3.83. The quantitative estimate of drug-likeness (QED) is 0.707. The number of benzene rings is 1. The predicted molar refractivity (Wildman–Crippen MR) is 114 cm³/mol. The molecule has 9 nitrogen and oxygen atoms in total. The molecule has 0 aliphatic carbocycles. The van der Waals surface area contributed by atoms with Gasteiger partial charge in [-0.25, -0.2) is 17.8 Å². The molecule has 4 rings (SSSR count). The molecule has 0 spiro atoms. The van der Waals surface area contributed by atoms with Gasteiger partial charge in [-0.3, -0.25) is 9.79 Å². The van der Waals surface area contributed by atoms with Crippen molar-refractivity contribution in [1.29, 1.82) is 5.26 Å². The summed E-state index contributed by atoms with van der Waals surface area (Å²) in [5.74, 6) is -2.32. The number of pyridine rings is 1. The lowest BCUT2D eigenvalue weighted by molar-refractivity contribution is 0.102. The molecule has 32 heavy (non-hydrogen) atoms. The average Bonchev–Trinajstić information content (AvgIpc) is 3.24. The second-order valence-electron chi connectivity index (χ2n) is 7.93. The summed E-state index contributed by atoms with van der Waals surface area (Å²) in [6.45, 7) is 1.70. The smallest absolute Gasteiger partial charge is 0.274 e. The number of aliphatic imine (C=N–C) groups is 1. The molecule has 3 N–H and O–H groups in total. The van der Waals surface area contributed by atoms with E-state index in [-0.39, 0.29) is 36.0 Å². The van der Waals surface area contributed by atoms with Crippen molar-refractivity contribution in [3.05, 3.63) is 59.2 Å². The van der Waals surface area contributed by atoms with Gasteiger partial charge in [0.1, 0.15) is 29.2 Å². The maximum absolute atomic E-state index is 15.0. The Hall–Kier alpha value is -3.36. The van der Waals surface area contributed by atoms with Crippen LogP contribution < -0.4 is 11.1 Å². The van der Waals surface area contributed by atoms with Crippen molar-refractivity contribution in [3.63, 3.8) is 0 Å². The largest absolute Gasteiger partial charge is 0.387 e. The van der Waals surface area contributed by atoms with Gasteiger partial charge in [0.2, 0.25) is 0 Å². The second-order valence-corrected chi connectivity index (χ2v) is 10.2. The average molecular weight is 457 g/mol. The van der Waals surface area contributed by atoms with Crippen molar-refractivity contribution in [2.45, 2.75) is 17.7 Å². The molecule has 166 valence electrons. The lowest BCUT2D eigenvalue weighted by Crippen LogP contribution is -2.40. The van der Waals surface area contributed by atoms with E-state index >= 15 is 0 Å². The van der Waals surface area contributed by atoms with Crippen molar-refractivity contribution < 1.29 is 22.3 Å². The number of sulfone groups is 1. The number of nitrogens with one attached hydrogen (secondary N) is 1. The van der Waals surface area contributed by atoms with Crippen LogP contribution in [0.1, 0.15) is 28.5 Å². The third-order valence-electron chi connectivity index (χ3n) is 5.83. The van der Waals surface area contributed by atoms with Gasteiger partial charge in [0.15, 0.2) is 9.84 Å². The van der Waals surface area contributed by atoms with Gasteiger partial charge in [-0.2, -0.15) is 5.26 Å². The van der Waals surface area contributed by atoms with E-state index in [0.29, 0.717) is 5.56 Å². The molecule has 3 atom stereocenters. The van der Waals surface area contributed by atoms with E-state index < -0.39 is 44.0 Å². The monoisotopic (exact) mass is 457 g/mol. The number of amidine groups is 1. The molecule has 0 saturated carbocycles. The zero-order valence-corrected chi connectivity index (χ0v) is 17.9. The number of amides is 1. The number of anilines is 1. The summed E-state index contributed by atoms with van der Waals surface area (Å²) in [5.41, 5.74) is 5.35. The Kier molecular flexibility index (Phi) is 5.44. The fraction of sp³-hybridized carbons (Fsp3) is 0.333. The molecule has 0 unspecified atom stereocenters. The number of carbonyl (C=O) groups excluding carboxylic acids is 1. The highest BCUT2D eigenvalue weighted by Gasteiger charge is 2.52. The Morgan fingerprint density at radius 1 is 1.34 bits per heavy atom. The summed E-state index contributed by atoms with van der Waals surface area (Å²) in [7, 11) is -3.61. The number of nitrogens with two attached hydrogens (primary N) is 1. The first kappa shape index (κ1) is 21.9. The van der Waals surface area contributed by atoms with Crippen molar-refractivity contribution in [3.8, 4) is 6.07 Å². The highest BCUT2D eigenvalue weighted by molar-refractivity contribution is 7.92. The number of nitriles is 1. The fourth-order valence-corrected chi connectivity index (χ4v) is 6.02. The van der Waals surface area contributed by atoms with Gasteiger partial charge < -0.3 is 15.8 Å². The number of nitrogens with zero attached hydrogens (tertiary/aromatic N) is 3. The molecule has 1 aromatic carbocycles. The SMILES string of the molecule is C[C@]1(c2cc(NC(=O)c3ccc(C#N)cn3)ccc2F)N=C(N)CS(=O)(=O)[C@H]2COC[C@@H]21. The standard InChI is InChI=1S/C21H20FN5O4S/c1-21(15-9-31-10-18(15)32(29,30)11-19(24)27-21)14-6-13(3-4-16(14)22)26-20(28)17-5-2-12(7-23)8-25-17/h2-6,8,15,18H,9-11H2,1H3,(H2,24,27)(H,26,28)/t15-,18-,21+/m0/s1. The summed E-state index contributed by atoms with van der Waals surface area (Å²) in [6, 6.07) is 8.76. The number of rotatable bonds is 3. The number of ether oxygens (including phenoxy) is 1. The first-order chi connectivity index (χ1) is 15.1. The van der Waals surface area contributed by atoms with Crippen LogP contribution >= 0.6 is 0 Å². The van der Waals surface area contributed by atoms with E-state index in [1.54, 1.807) is 6.92 Å². The number of aromatic nitrogens is 1. The Labute approximate surface area is 184 Å². The Morgan fingerprint density at radius 3 is 2.81 bits per heavy atom. The molecule has 0 bridgehead atoms. The molecular formula is C21H20FN5O4S. The summed E-state index contributed by atoms with van der Waals surface area (Å²) >= 11 is 0. The molecule has 2 aromatic rings. The zero-order chi connectivity index (χ0) is 23.1. The Balaban J connectivity index is 1.71. The van der Waals surface area contributed by atoms with Crippen LogP contribution in [-0.2, 0) is 20.1 Å². The lowest BCUT2D eigenvalue weighted by Gasteiger charge is -2.33. The van der Waals surface area contributed by atoms with Crippen molar-refractivity contribution in [1.82, 2.24) is 4.98 Å². The summed E-state index contributed by atoms with van der Waals surface area (Å²) in [5, 5.41) is 10.6. The van der Waals surface area contributed by atoms with E-state index in [4.69, 9.17) is 15.7 Å². The van der Waals surface area contributed by atoms with Gasteiger partial charge in [0.05, 0.1) is 29.6 Å². The van der Waals surface area contributed by atoms with Crippen LogP contribution in [0.3, 0.4) is 0 Å².